The van der Waals surface area contributed by atoms with Gasteiger partial charge in [0.15, 0.2) is 0 Å². The summed E-state index contributed by atoms with van der Waals surface area (Å²) < 4.78 is 0. The Balaban J connectivity index is 1.68. The minimum Gasteiger partial charge on any atom is -0.361 e. The Labute approximate surface area is 128 Å². The zero-order valence-corrected chi connectivity index (χ0v) is 12.7. The van der Waals surface area contributed by atoms with Gasteiger partial charge in [-0.2, -0.15) is 0 Å². The quantitative estimate of drug-likeness (QED) is 0.699. The topological polar surface area (TPSA) is 16.1 Å². The number of aromatic nitrogens is 1. The molecule has 3 aromatic rings. The largest absolute Gasteiger partial charge is 0.361 e. The molecule has 0 fully saturated rings. The molecule has 1 unspecified atom stereocenters. The van der Waals surface area contributed by atoms with Crippen LogP contribution >= 0.6 is 11.8 Å². The van der Waals surface area contributed by atoms with Crippen molar-refractivity contribution in [3.63, 3.8) is 0 Å². The molecule has 1 aliphatic heterocycles. The first-order valence-electron chi connectivity index (χ1n) is 7.14. The monoisotopic (exact) mass is 292 g/mol. The number of anilines is 1. The second kappa shape index (κ2) is 5.08. The second-order valence-corrected chi connectivity index (χ2v) is 6.56. The van der Waals surface area contributed by atoms with Gasteiger partial charge in [-0.15, -0.1) is 0 Å². The molecule has 0 aliphatic carbocycles. The van der Waals surface area contributed by atoms with Crippen molar-refractivity contribution in [2.45, 2.75) is 16.7 Å². The van der Waals surface area contributed by atoms with Crippen molar-refractivity contribution in [1.29, 1.82) is 0 Å². The van der Waals surface area contributed by atoms with Gasteiger partial charge < -0.3 is 4.90 Å². The highest BCUT2D eigenvalue weighted by Gasteiger charge is 2.27. The average Bonchev–Trinajstić information content (AvgIpc) is 2.85. The van der Waals surface area contributed by atoms with Crippen molar-refractivity contribution in [3.05, 3.63) is 66.4 Å². The Bertz CT molecular complexity index is 795. The first-order valence-corrected chi connectivity index (χ1v) is 8.02. The summed E-state index contributed by atoms with van der Waals surface area (Å²) in [5, 5.41) is 1.72. The molecule has 1 atom stereocenters. The molecule has 0 saturated carbocycles. The number of hydrogen-bond donors (Lipinski definition) is 0. The first-order chi connectivity index (χ1) is 10.3. The summed E-state index contributed by atoms with van der Waals surface area (Å²) in [6, 6.07) is 19.2. The van der Waals surface area contributed by atoms with E-state index in [0.717, 1.165) is 11.9 Å². The van der Waals surface area contributed by atoms with Gasteiger partial charge in [-0.3, -0.25) is 4.98 Å². The molecule has 2 heterocycles. The number of pyridine rings is 1. The number of thioether (sulfide) groups is 1. The van der Waals surface area contributed by atoms with E-state index < -0.39 is 0 Å². The molecule has 104 valence electrons. The Morgan fingerprint density at radius 3 is 2.76 bits per heavy atom. The van der Waals surface area contributed by atoms with E-state index in [1.165, 1.54) is 21.5 Å². The molecule has 2 nitrogen and oxygen atoms in total. The SMILES string of the molecule is CN1c2ccccc2SC1Cc1ccnc2ccccc12. The molecule has 4 rings (SSSR count). The standard InChI is InChI=1S/C18H16N2S/c1-20-16-8-4-5-9-17(16)21-18(20)12-13-10-11-19-15-7-3-2-6-14(13)15/h2-11,18H,12H2,1H3. The maximum atomic E-state index is 4.45. The number of rotatable bonds is 2. The highest BCUT2D eigenvalue weighted by atomic mass is 32.2. The Morgan fingerprint density at radius 2 is 1.86 bits per heavy atom. The van der Waals surface area contributed by atoms with Crippen LogP contribution in [-0.4, -0.2) is 17.4 Å². The van der Waals surface area contributed by atoms with Crippen LogP contribution in [0, 0.1) is 0 Å². The molecule has 0 amide bonds. The number of para-hydroxylation sites is 2. The van der Waals surface area contributed by atoms with Gasteiger partial charge >= 0.3 is 0 Å². The van der Waals surface area contributed by atoms with Crippen molar-refractivity contribution >= 4 is 28.4 Å². The molecule has 0 radical (unpaired) electrons. The highest BCUT2D eigenvalue weighted by Crippen LogP contribution is 2.43. The van der Waals surface area contributed by atoms with E-state index in [4.69, 9.17) is 0 Å². The fourth-order valence-electron chi connectivity index (χ4n) is 2.93. The molecule has 3 heteroatoms. The lowest BCUT2D eigenvalue weighted by atomic mass is 10.1. The number of fused-ring (bicyclic) bond motifs is 2. The summed E-state index contributed by atoms with van der Waals surface area (Å²) in [6.45, 7) is 0. The Kier molecular flexibility index (Phi) is 3.08. The lowest BCUT2D eigenvalue weighted by Crippen LogP contribution is -2.26. The lowest BCUT2D eigenvalue weighted by Gasteiger charge is -2.22. The summed E-state index contributed by atoms with van der Waals surface area (Å²) >= 11 is 1.95. The van der Waals surface area contributed by atoms with Crippen molar-refractivity contribution in [3.8, 4) is 0 Å². The van der Waals surface area contributed by atoms with Crippen LogP contribution in [-0.2, 0) is 6.42 Å². The third-order valence-corrected chi connectivity index (χ3v) is 5.43. The fourth-order valence-corrected chi connectivity index (χ4v) is 4.25. The summed E-state index contributed by atoms with van der Waals surface area (Å²) in [5.41, 5.74) is 3.79. The predicted molar refractivity (Wildman–Crippen MR) is 89.9 cm³/mol. The molecule has 21 heavy (non-hydrogen) atoms. The van der Waals surface area contributed by atoms with E-state index in [9.17, 15) is 0 Å². The Hall–Kier alpha value is -2.00. The van der Waals surface area contributed by atoms with E-state index in [1.807, 2.05) is 24.0 Å². The van der Waals surface area contributed by atoms with Crippen molar-refractivity contribution < 1.29 is 0 Å². The predicted octanol–water partition coefficient (Wildman–Crippen LogP) is 4.35. The van der Waals surface area contributed by atoms with Gasteiger partial charge in [0, 0.05) is 29.9 Å². The van der Waals surface area contributed by atoms with Crippen LogP contribution in [0.2, 0.25) is 0 Å². The van der Waals surface area contributed by atoms with Crippen molar-refractivity contribution in [2.24, 2.45) is 0 Å². The van der Waals surface area contributed by atoms with Gasteiger partial charge in [-0.1, -0.05) is 42.1 Å². The minimum atomic E-state index is 0.452. The zero-order valence-electron chi connectivity index (χ0n) is 11.9. The lowest BCUT2D eigenvalue weighted by molar-refractivity contribution is 0.836. The zero-order chi connectivity index (χ0) is 14.2. The van der Waals surface area contributed by atoms with Crippen LogP contribution < -0.4 is 4.90 Å². The number of hydrogen-bond acceptors (Lipinski definition) is 3. The second-order valence-electron chi connectivity index (χ2n) is 5.34. The van der Waals surface area contributed by atoms with E-state index in [1.54, 1.807) is 0 Å². The van der Waals surface area contributed by atoms with Gasteiger partial charge in [0.25, 0.3) is 0 Å². The first kappa shape index (κ1) is 12.7. The minimum absolute atomic E-state index is 0.452. The number of likely N-dealkylation sites (N-methyl/N-ethyl adjacent to an activating group) is 1. The average molecular weight is 292 g/mol. The molecule has 2 aromatic carbocycles. The molecule has 1 aliphatic rings. The molecule has 1 aromatic heterocycles. The summed E-state index contributed by atoms with van der Waals surface area (Å²) in [7, 11) is 2.19. The third kappa shape index (κ3) is 2.18. The number of nitrogens with zero attached hydrogens (tertiary/aromatic N) is 2. The van der Waals surface area contributed by atoms with Crippen LogP contribution in [0.25, 0.3) is 10.9 Å². The van der Waals surface area contributed by atoms with Crippen LogP contribution in [0.4, 0.5) is 5.69 Å². The van der Waals surface area contributed by atoms with Crippen LogP contribution in [0.1, 0.15) is 5.56 Å². The van der Waals surface area contributed by atoms with Gasteiger partial charge in [0.05, 0.1) is 16.6 Å². The van der Waals surface area contributed by atoms with Gasteiger partial charge in [0.1, 0.15) is 0 Å². The highest BCUT2D eigenvalue weighted by molar-refractivity contribution is 8.00. The van der Waals surface area contributed by atoms with Crippen LogP contribution in [0.5, 0.6) is 0 Å². The molecular formula is C18H16N2S. The van der Waals surface area contributed by atoms with E-state index in [2.05, 4.69) is 65.5 Å². The smallest absolute Gasteiger partial charge is 0.0835 e. The molecule has 0 bridgehead atoms. The van der Waals surface area contributed by atoms with Gasteiger partial charge in [0.2, 0.25) is 0 Å². The Morgan fingerprint density at radius 1 is 1.05 bits per heavy atom. The summed E-state index contributed by atoms with van der Waals surface area (Å²) in [6.07, 6.45) is 2.95. The van der Waals surface area contributed by atoms with E-state index in [-0.39, 0.29) is 0 Å². The van der Waals surface area contributed by atoms with Crippen molar-refractivity contribution in [2.75, 3.05) is 11.9 Å². The third-order valence-electron chi connectivity index (χ3n) is 4.07. The molecule has 0 saturated heterocycles. The van der Waals surface area contributed by atoms with Crippen LogP contribution in [0.3, 0.4) is 0 Å². The maximum absolute atomic E-state index is 4.45. The molecular weight excluding hydrogens is 276 g/mol. The van der Waals surface area contributed by atoms with Crippen LogP contribution in [0.15, 0.2) is 65.7 Å². The molecule has 0 N–H and O–H groups in total. The summed E-state index contributed by atoms with van der Waals surface area (Å²) in [5.74, 6) is 0. The number of benzene rings is 2. The maximum Gasteiger partial charge on any atom is 0.0835 e. The molecule has 0 spiro atoms. The summed E-state index contributed by atoms with van der Waals surface area (Å²) in [4.78, 5) is 8.22. The fraction of sp³-hybridized carbons (Fsp3) is 0.167. The van der Waals surface area contributed by atoms with Gasteiger partial charge in [-0.25, -0.2) is 0 Å². The van der Waals surface area contributed by atoms with E-state index in [0.29, 0.717) is 5.37 Å². The normalized spacial score (nSPS) is 17.2. The van der Waals surface area contributed by atoms with Crippen molar-refractivity contribution in [1.82, 2.24) is 4.98 Å². The van der Waals surface area contributed by atoms with Gasteiger partial charge in [-0.05, 0) is 29.8 Å². The van der Waals surface area contributed by atoms with E-state index >= 15 is 0 Å².